The van der Waals surface area contributed by atoms with Gasteiger partial charge in [0, 0.05) is 24.7 Å². The van der Waals surface area contributed by atoms with Gasteiger partial charge in [0.05, 0.1) is 12.2 Å². The largest absolute Gasteiger partial charge is 0.489 e. The van der Waals surface area contributed by atoms with Crippen molar-refractivity contribution in [2.24, 2.45) is 10.8 Å². The van der Waals surface area contributed by atoms with E-state index in [0.717, 1.165) is 22.4 Å². The van der Waals surface area contributed by atoms with Crippen molar-refractivity contribution in [3.05, 3.63) is 95.8 Å². The molecule has 0 aliphatic carbocycles. The molecular weight excluding hydrogens is 350 g/mol. The van der Waals surface area contributed by atoms with E-state index < -0.39 is 0 Å². The number of rotatable bonds is 8. The van der Waals surface area contributed by atoms with Crippen LogP contribution in [0, 0.1) is 0 Å². The van der Waals surface area contributed by atoms with Gasteiger partial charge in [0.25, 0.3) is 0 Å². The quantitative estimate of drug-likeness (QED) is 0.465. The number of nitrogens with two attached hydrogens (primary N) is 2. The Morgan fingerprint density at radius 1 is 1.04 bits per heavy atom. The van der Waals surface area contributed by atoms with Crippen molar-refractivity contribution in [1.29, 1.82) is 0 Å². The molecule has 0 saturated heterocycles. The van der Waals surface area contributed by atoms with Gasteiger partial charge in [0.2, 0.25) is 0 Å². The molecule has 6 nitrogen and oxygen atoms in total. The first-order chi connectivity index (χ1) is 13.6. The van der Waals surface area contributed by atoms with Gasteiger partial charge in [-0.2, -0.15) is 5.10 Å². The van der Waals surface area contributed by atoms with Gasteiger partial charge in [-0.05, 0) is 35.4 Å². The number of hydrogen-bond acceptors (Lipinski definition) is 6. The molecule has 0 radical (unpaired) electrons. The van der Waals surface area contributed by atoms with E-state index in [1.54, 1.807) is 23.5 Å². The van der Waals surface area contributed by atoms with Crippen molar-refractivity contribution < 1.29 is 4.74 Å². The van der Waals surface area contributed by atoms with Crippen LogP contribution in [0.3, 0.4) is 0 Å². The van der Waals surface area contributed by atoms with E-state index in [2.05, 4.69) is 16.8 Å². The second-order valence-electron chi connectivity index (χ2n) is 6.21. The highest BCUT2D eigenvalue weighted by Gasteiger charge is 2.04. The summed E-state index contributed by atoms with van der Waals surface area (Å²) in [5.74, 6) is 1.26. The van der Waals surface area contributed by atoms with E-state index in [9.17, 15) is 0 Å². The minimum absolute atomic E-state index is 0.449. The molecule has 0 amide bonds. The van der Waals surface area contributed by atoms with Gasteiger partial charge in [-0.25, -0.2) is 4.98 Å². The van der Waals surface area contributed by atoms with Crippen LogP contribution in [0.15, 0.2) is 84.2 Å². The molecule has 28 heavy (non-hydrogen) atoms. The Morgan fingerprint density at radius 3 is 2.43 bits per heavy atom. The van der Waals surface area contributed by atoms with Crippen LogP contribution in [0.25, 0.3) is 5.70 Å². The first-order valence-electron chi connectivity index (χ1n) is 8.82. The zero-order chi connectivity index (χ0) is 19.8. The normalized spacial score (nSPS) is 11.1. The lowest BCUT2D eigenvalue weighted by Crippen LogP contribution is -2.12. The molecule has 2 aromatic carbocycles. The highest BCUT2D eigenvalue weighted by molar-refractivity contribution is 5.62. The molecule has 0 aliphatic heterocycles. The topological polar surface area (TPSA) is 89.8 Å². The zero-order valence-electron chi connectivity index (χ0n) is 15.5. The maximum absolute atomic E-state index is 6.12. The van der Waals surface area contributed by atoms with E-state index >= 15 is 0 Å². The van der Waals surface area contributed by atoms with E-state index in [1.165, 1.54) is 0 Å². The Kier molecular flexibility index (Phi) is 6.25. The Bertz CT molecular complexity index is 921. The number of nitrogens with zero attached hydrogens (tertiary/aromatic N) is 3. The Labute approximate surface area is 164 Å². The summed E-state index contributed by atoms with van der Waals surface area (Å²) in [6.07, 6.45) is 3.35. The number of benzene rings is 2. The third-order valence-corrected chi connectivity index (χ3v) is 4.11. The van der Waals surface area contributed by atoms with Gasteiger partial charge in [-0.1, -0.05) is 42.5 Å². The molecule has 0 saturated carbocycles. The van der Waals surface area contributed by atoms with Crippen molar-refractivity contribution >= 4 is 18.2 Å². The van der Waals surface area contributed by atoms with Crippen molar-refractivity contribution in [1.82, 2.24) is 9.99 Å². The summed E-state index contributed by atoms with van der Waals surface area (Å²) < 4.78 is 5.81. The fourth-order valence-corrected chi connectivity index (χ4v) is 2.57. The summed E-state index contributed by atoms with van der Waals surface area (Å²) in [7, 11) is 0. The van der Waals surface area contributed by atoms with Gasteiger partial charge in [0.15, 0.2) is 0 Å². The molecule has 4 N–H and O–H groups in total. The molecule has 1 aromatic heterocycles. The molecule has 0 fully saturated rings. The van der Waals surface area contributed by atoms with E-state index in [1.807, 2.05) is 60.7 Å². The van der Waals surface area contributed by atoms with Gasteiger partial charge in [0.1, 0.15) is 18.2 Å². The first kappa shape index (κ1) is 19.0. The SMILES string of the molecule is C=NN(/C=C(\N)c1ccc(N)nc1)Cc1ccc(OCc2ccccc2)cc1. The van der Waals surface area contributed by atoms with Gasteiger partial charge in [-0.15, -0.1) is 0 Å². The van der Waals surface area contributed by atoms with Crippen LogP contribution in [0.5, 0.6) is 5.75 Å². The maximum Gasteiger partial charge on any atom is 0.123 e. The van der Waals surface area contributed by atoms with Crippen LogP contribution in [-0.2, 0) is 13.2 Å². The predicted octanol–water partition coefficient (Wildman–Crippen LogP) is 3.62. The summed E-state index contributed by atoms with van der Waals surface area (Å²) in [5.41, 5.74) is 15.2. The number of nitrogen functional groups attached to an aromatic ring is 1. The summed E-state index contributed by atoms with van der Waals surface area (Å²) in [6.45, 7) is 4.68. The molecule has 0 spiro atoms. The minimum Gasteiger partial charge on any atom is -0.489 e. The van der Waals surface area contributed by atoms with Gasteiger partial charge < -0.3 is 16.2 Å². The lowest BCUT2D eigenvalue weighted by atomic mass is 10.2. The monoisotopic (exact) mass is 373 g/mol. The minimum atomic E-state index is 0.449. The van der Waals surface area contributed by atoms with Gasteiger partial charge >= 0.3 is 0 Å². The van der Waals surface area contributed by atoms with Crippen molar-refractivity contribution in [3.8, 4) is 5.75 Å². The Balaban J connectivity index is 1.60. The van der Waals surface area contributed by atoms with E-state index in [0.29, 0.717) is 24.7 Å². The maximum atomic E-state index is 6.12. The average Bonchev–Trinajstić information content (AvgIpc) is 2.74. The third-order valence-electron chi connectivity index (χ3n) is 4.11. The summed E-state index contributed by atoms with van der Waals surface area (Å²) >= 11 is 0. The molecule has 0 atom stereocenters. The first-order valence-corrected chi connectivity index (χ1v) is 8.82. The predicted molar refractivity (Wildman–Crippen MR) is 113 cm³/mol. The summed E-state index contributed by atoms with van der Waals surface area (Å²) in [4.78, 5) is 4.04. The Hall–Kier alpha value is -3.80. The molecule has 3 rings (SSSR count). The standard InChI is InChI=1S/C22H23N5O/c1-25-27(15-21(23)19-9-12-22(24)26-13-19)14-17-7-10-20(11-8-17)28-16-18-5-3-2-4-6-18/h2-13,15H,1,14,16,23H2,(H2,24,26)/b21-15-. The van der Waals surface area contributed by atoms with Crippen LogP contribution >= 0.6 is 0 Å². The Morgan fingerprint density at radius 2 is 1.79 bits per heavy atom. The second-order valence-corrected chi connectivity index (χ2v) is 6.21. The molecule has 1 heterocycles. The number of pyridine rings is 1. The molecule has 0 aliphatic rings. The molecule has 0 bridgehead atoms. The highest BCUT2D eigenvalue weighted by atomic mass is 16.5. The van der Waals surface area contributed by atoms with Crippen LogP contribution in [0.1, 0.15) is 16.7 Å². The molecule has 142 valence electrons. The van der Waals surface area contributed by atoms with E-state index in [4.69, 9.17) is 16.2 Å². The molecule has 3 aromatic rings. The number of hydrogen-bond donors (Lipinski definition) is 2. The van der Waals surface area contributed by atoms with Crippen LogP contribution in [0.4, 0.5) is 5.82 Å². The van der Waals surface area contributed by atoms with Crippen LogP contribution in [-0.4, -0.2) is 16.7 Å². The zero-order valence-corrected chi connectivity index (χ0v) is 15.5. The van der Waals surface area contributed by atoms with Crippen molar-refractivity contribution in [2.75, 3.05) is 5.73 Å². The third kappa shape index (κ3) is 5.35. The number of aromatic nitrogens is 1. The number of anilines is 1. The van der Waals surface area contributed by atoms with Crippen molar-refractivity contribution in [3.63, 3.8) is 0 Å². The number of ether oxygens (including phenoxy) is 1. The van der Waals surface area contributed by atoms with Gasteiger partial charge in [-0.3, -0.25) is 5.01 Å². The fraction of sp³-hybridized carbons (Fsp3) is 0.0909. The molecule has 6 heteroatoms. The van der Waals surface area contributed by atoms with E-state index in [-0.39, 0.29) is 0 Å². The second kappa shape index (κ2) is 9.23. The number of hydrazone groups is 1. The van der Waals surface area contributed by atoms with Crippen LogP contribution < -0.4 is 16.2 Å². The van der Waals surface area contributed by atoms with Crippen molar-refractivity contribution in [2.45, 2.75) is 13.2 Å². The summed E-state index contributed by atoms with van der Waals surface area (Å²) in [6, 6.07) is 21.4. The molecular formula is C22H23N5O. The lowest BCUT2D eigenvalue weighted by molar-refractivity contribution is 0.306. The molecule has 0 unspecified atom stereocenters. The smallest absolute Gasteiger partial charge is 0.123 e. The fourth-order valence-electron chi connectivity index (χ4n) is 2.57. The summed E-state index contributed by atoms with van der Waals surface area (Å²) in [5, 5.41) is 5.69. The highest BCUT2D eigenvalue weighted by Crippen LogP contribution is 2.17. The average molecular weight is 373 g/mol. The lowest BCUT2D eigenvalue weighted by Gasteiger charge is -2.15. The van der Waals surface area contributed by atoms with Crippen LogP contribution in [0.2, 0.25) is 0 Å².